The number of methoxy groups -OCH3 is 3. The van der Waals surface area contributed by atoms with E-state index in [0.29, 0.717) is 34.3 Å². The van der Waals surface area contributed by atoms with E-state index in [1.54, 1.807) is 38.1 Å². The lowest BCUT2D eigenvalue weighted by atomic mass is 10.1. The maximum absolute atomic E-state index is 5.49. The number of ether oxygens (including phenoxy) is 3. The second-order valence-electron chi connectivity index (χ2n) is 6.80. The fourth-order valence-corrected chi connectivity index (χ4v) is 3.33. The number of hydrogen-bond acceptors (Lipinski definition) is 8. The molecule has 2 aromatic heterocycles. The third kappa shape index (κ3) is 3.70. The zero-order valence-corrected chi connectivity index (χ0v) is 18.0. The van der Waals surface area contributed by atoms with Crippen molar-refractivity contribution in [1.29, 1.82) is 0 Å². The van der Waals surface area contributed by atoms with Gasteiger partial charge >= 0.3 is 0 Å². The molecular weight excluding hydrogens is 398 g/mol. The normalized spacial score (nSPS) is 10.9. The lowest BCUT2D eigenvalue weighted by Crippen LogP contribution is -2.00. The molecule has 0 amide bonds. The van der Waals surface area contributed by atoms with E-state index in [0.717, 1.165) is 17.8 Å². The fourth-order valence-electron chi connectivity index (χ4n) is 3.33. The Hall–Kier alpha value is -3.88. The minimum absolute atomic E-state index is 0.277. The molecule has 0 saturated heterocycles. The van der Waals surface area contributed by atoms with Gasteiger partial charge in [0.15, 0.2) is 17.2 Å². The average Bonchev–Trinajstić information content (AvgIpc) is 3.44. The van der Waals surface area contributed by atoms with Gasteiger partial charge in [-0.15, -0.1) is 5.10 Å². The van der Waals surface area contributed by atoms with Gasteiger partial charge in [-0.2, -0.15) is 4.98 Å². The van der Waals surface area contributed by atoms with Crippen LogP contribution in [0.5, 0.6) is 17.2 Å². The van der Waals surface area contributed by atoms with Gasteiger partial charge in [0.1, 0.15) is 0 Å². The first-order valence-corrected chi connectivity index (χ1v) is 9.75. The quantitative estimate of drug-likeness (QED) is 0.443. The minimum Gasteiger partial charge on any atom is -0.493 e. The van der Waals surface area contributed by atoms with Gasteiger partial charge in [-0.3, -0.25) is 0 Å². The average molecular weight is 421 g/mol. The molecule has 0 N–H and O–H groups in total. The van der Waals surface area contributed by atoms with Gasteiger partial charge in [-0.05, 0) is 43.2 Å². The molecule has 31 heavy (non-hydrogen) atoms. The number of nitrogens with zero attached hydrogens (tertiary/aromatic N) is 5. The summed E-state index contributed by atoms with van der Waals surface area (Å²) < 4.78 is 23.4. The highest BCUT2D eigenvalue weighted by Crippen LogP contribution is 2.40. The number of aromatic nitrogens is 5. The molecule has 9 nitrogen and oxygen atoms in total. The molecule has 0 spiro atoms. The SMILES string of the molecule is CCc1cccc(-n2nnc(-c3nc(-c4cc(OC)c(OC)c(OC)c4)no3)c2C)c1. The summed E-state index contributed by atoms with van der Waals surface area (Å²) in [4.78, 5) is 4.51. The lowest BCUT2D eigenvalue weighted by Gasteiger charge is -2.12. The van der Waals surface area contributed by atoms with Crippen molar-refractivity contribution in [3.63, 3.8) is 0 Å². The van der Waals surface area contributed by atoms with Gasteiger partial charge in [-0.25, -0.2) is 4.68 Å². The highest BCUT2D eigenvalue weighted by molar-refractivity contribution is 5.67. The van der Waals surface area contributed by atoms with E-state index in [1.165, 1.54) is 5.56 Å². The first-order chi connectivity index (χ1) is 15.1. The monoisotopic (exact) mass is 421 g/mol. The van der Waals surface area contributed by atoms with Crippen molar-refractivity contribution in [3.05, 3.63) is 47.7 Å². The maximum atomic E-state index is 5.49. The second kappa shape index (κ2) is 8.47. The molecular formula is C22H23N5O4. The molecule has 0 unspecified atom stereocenters. The van der Waals surface area contributed by atoms with Crippen LogP contribution < -0.4 is 14.2 Å². The van der Waals surface area contributed by atoms with Crippen molar-refractivity contribution in [3.8, 4) is 45.9 Å². The van der Waals surface area contributed by atoms with Crippen LogP contribution in [0.2, 0.25) is 0 Å². The molecule has 2 aromatic carbocycles. The summed E-state index contributed by atoms with van der Waals surface area (Å²) in [6, 6.07) is 11.7. The number of benzene rings is 2. The van der Waals surface area contributed by atoms with Crippen LogP contribution in [0, 0.1) is 6.92 Å². The van der Waals surface area contributed by atoms with E-state index in [9.17, 15) is 0 Å². The maximum Gasteiger partial charge on any atom is 0.280 e. The summed E-state index contributed by atoms with van der Waals surface area (Å²) in [6.07, 6.45) is 0.941. The third-order valence-corrected chi connectivity index (χ3v) is 5.01. The van der Waals surface area contributed by atoms with E-state index < -0.39 is 0 Å². The van der Waals surface area contributed by atoms with Crippen LogP contribution in [0.4, 0.5) is 0 Å². The van der Waals surface area contributed by atoms with E-state index >= 15 is 0 Å². The molecule has 0 aliphatic heterocycles. The Bertz CT molecular complexity index is 1190. The Morgan fingerprint density at radius 2 is 1.74 bits per heavy atom. The fraction of sp³-hybridized carbons (Fsp3) is 0.273. The number of rotatable bonds is 7. The van der Waals surface area contributed by atoms with E-state index in [1.807, 2.05) is 19.1 Å². The molecule has 0 atom stereocenters. The first-order valence-electron chi connectivity index (χ1n) is 9.75. The molecule has 0 radical (unpaired) electrons. The predicted molar refractivity (Wildman–Crippen MR) is 114 cm³/mol. The topological polar surface area (TPSA) is 97.3 Å². The van der Waals surface area contributed by atoms with Gasteiger partial charge < -0.3 is 18.7 Å². The number of aryl methyl sites for hydroxylation is 1. The Morgan fingerprint density at radius 3 is 2.39 bits per heavy atom. The summed E-state index contributed by atoms with van der Waals surface area (Å²) >= 11 is 0. The summed E-state index contributed by atoms with van der Waals surface area (Å²) in [5.74, 6) is 2.14. The molecule has 0 aliphatic carbocycles. The minimum atomic E-state index is 0.277. The van der Waals surface area contributed by atoms with Gasteiger partial charge in [-0.1, -0.05) is 29.4 Å². The molecule has 160 valence electrons. The van der Waals surface area contributed by atoms with Crippen molar-refractivity contribution in [2.75, 3.05) is 21.3 Å². The van der Waals surface area contributed by atoms with Gasteiger partial charge in [0, 0.05) is 5.56 Å². The first kappa shape index (κ1) is 20.4. The van der Waals surface area contributed by atoms with Gasteiger partial charge in [0.05, 0.1) is 32.7 Å². The van der Waals surface area contributed by atoms with Crippen LogP contribution in [0.15, 0.2) is 40.9 Å². The Labute approximate surface area is 179 Å². The molecule has 0 saturated carbocycles. The molecule has 4 rings (SSSR count). The van der Waals surface area contributed by atoms with Crippen LogP contribution in [-0.2, 0) is 6.42 Å². The van der Waals surface area contributed by atoms with E-state index in [2.05, 4.69) is 39.5 Å². The zero-order valence-electron chi connectivity index (χ0n) is 18.0. The Balaban J connectivity index is 1.71. The molecule has 4 aromatic rings. The van der Waals surface area contributed by atoms with Crippen LogP contribution in [0.25, 0.3) is 28.7 Å². The highest BCUT2D eigenvalue weighted by atomic mass is 16.5. The highest BCUT2D eigenvalue weighted by Gasteiger charge is 2.21. The van der Waals surface area contributed by atoms with E-state index in [4.69, 9.17) is 18.7 Å². The molecule has 2 heterocycles. The van der Waals surface area contributed by atoms with Crippen LogP contribution >= 0.6 is 0 Å². The van der Waals surface area contributed by atoms with E-state index in [-0.39, 0.29) is 5.89 Å². The number of hydrogen-bond donors (Lipinski definition) is 0. The largest absolute Gasteiger partial charge is 0.493 e. The van der Waals surface area contributed by atoms with Crippen molar-refractivity contribution < 1.29 is 18.7 Å². The van der Waals surface area contributed by atoms with Crippen molar-refractivity contribution >= 4 is 0 Å². The third-order valence-electron chi connectivity index (χ3n) is 5.01. The van der Waals surface area contributed by atoms with Gasteiger partial charge in [0.25, 0.3) is 5.89 Å². The summed E-state index contributed by atoms with van der Waals surface area (Å²) in [6.45, 7) is 4.03. The predicted octanol–water partition coefficient (Wildman–Crippen LogP) is 3.88. The van der Waals surface area contributed by atoms with Crippen LogP contribution in [0.1, 0.15) is 18.2 Å². The molecule has 9 heteroatoms. The summed E-state index contributed by atoms with van der Waals surface area (Å²) in [7, 11) is 4.66. The van der Waals surface area contributed by atoms with Crippen molar-refractivity contribution in [2.24, 2.45) is 0 Å². The molecule has 0 fully saturated rings. The Kier molecular flexibility index (Phi) is 5.57. The Morgan fingerprint density at radius 1 is 1.00 bits per heavy atom. The van der Waals surface area contributed by atoms with Crippen LogP contribution in [0.3, 0.4) is 0 Å². The standard InChI is InChI=1S/C22H23N5O4/c1-6-14-8-7-9-16(10-14)27-13(2)19(24-26-27)22-23-21(25-31-22)15-11-17(28-3)20(30-5)18(12-15)29-4/h7-12H,6H2,1-5H3. The van der Waals surface area contributed by atoms with Crippen molar-refractivity contribution in [2.45, 2.75) is 20.3 Å². The molecule has 0 bridgehead atoms. The van der Waals surface area contributed by atoms with Crippen molar-refractivity contribution in [1.82, 2.24) is 25.1 Å². The second-order valence-corrected chi connectivity index (χ2v) is 6.80. The lowest BCUT2D eigenvalue weighted by molar-refractivity contribution is 0.324. The molecule has 0 aliphatic rings. The smallest absolute Gasteiger partial charge is 0.280 e. The summed E-state index contributed by atoms with van der Waals surface area (Å²) in [5, 5.41) is 12.7. The van der Waals surface area contributed by atoms with Crippen LogP contribution in [-0.4, -0.2) is 46.5 Å². The zero-order chi connectivity index (χ0) is 22.0. The summed E-state index contributed by atoms with van der Waals surface area (Å²) in [5.41, 5.74) is 4.13. The van der Waals surface area contributed by atoms with Gasteiger partial charge in [0.2, 0.25) is 11.6 Å².